The summed E-state index contributed by atoms with van der Waals surface area (Å²) in [4.78, 5) is 26.0. The third kappa shape index (κ3) is 5.05. The molecule has 0 aliphatic carbocycles. The van der Waals surface area contributed by atoms with E-state index in [1.54, 1.807) is 44.4 Å². The summed E-state index contributed by atoms with van der Waals surface area (Å²) in [6, 6.07) is 12.3. The number of likely N-dealkylation sites (N-methyl/N-ethyl adjacent to an activating group) is 1. The van der Waals surface area contributed by atoms with Gasteiger partial charge in [0.15, 0.2) is 0 Å². The van der Waals surface area contributed by atoms with Gasteiger partial charge in [0.25, 0.3) is 0 Å². The maximum absolute atomic E-state index is 13.1. The Morgan fingerprint density at radius 1 is 1.00 bits per heavy atom. The number of anilines is 1. The summed E-state index contributed by atoms with van der Waals surface area (Å²) >= 11 is 0. The van der Waals surface area contributed by atoms with Gasteiger partial charge in [0.2, 0.25) is 5.91 Å². The minimum absolute atomic E-state index is 0.0406. The van der Waals surface area contributed by atoms with Crippen LogP contribution in [0.4, 0.5) is 14.9 Å². The first kappa shape index (κ1) is 19.4. The first-order valence-electron chi connectivity index (χ1n) is 8.42. The van der Waals surface area contributed by atoms with E-state index in [1.807, 2.05) is 19.9 Å². The van der Waals surface area contributed by atoms with Crippen LogP contribution in [0.25, 0.3) is 11.1 Å². The number of halogens is 1. The van der Waals surface area contributed by atoms with Crippen molar-refractivity contribution in [3.05, 3.63) is 54.3 Å². The Morgan fingerprint density at radius 2 is 1.65 bits per heavy atom. The number of rotatable bonds is 5. The van der Waals surface area contributed by atoms with Gasteiger partial charge in [0.1, 0.15) is 11.9 Å². The van der Waals surface area contributed by atoms with Crippen LogP contribution in [0.1, 0.15) is 13.8 Å². The fourth-order valence-corrected chi connectivity index (χ4v) is 2.52. The molecule has 6 heteroatoms. The third-order valence-electron chi connectivity index (χ3n) is 3.96. The van der Waals surface area contributed by atoms with Crippen LogP contribution in [0.5, 0.6) is 0 Å². The first-order valence-corrected chi connectivity index (χ1v) is 8.42. The van der Waals surface area contributed by atoms with Gasteiger partial charge >= 0.3 is 6.03 Å². The van der Waals surface area contributed by atoms with Crippen molar-refractivity contribution >= 4 is 17.6 Å². The topological polar surface area (TPSA) is 61.4 Å². The van der Waals surface area contributed by atoms with E-state index < -0.39 is 12.1 Å². The molecular formula is C20H24FN3O2. The van der Waals surface area contributed by atoms with Gasteiger partial charge in [-0.25, -0.2) is 9.18 Å². The standard InChI is InChI=1S/C20H24FN3O2/c1-13(2)18(19(25)24(3)4)23-20(26)22-17-7-5-6-15(12-17)14-8-10-16(21)11-9-14/h5-13,18H,1-4H3,(H2,22,23,26). The van der Waals surface area contributed by atoms with Gasteiger partial charge in [-0.3, -0.25) is 4.79 Å². The molecule has 0 heterocycles. The summed E-state index contributed by atoms with van der Waals surface area (Å²) in [5.74, 6) is -0.496. The molecule has 1 atom stereocenters. The molecule has 0 bridgehead atoms. The van der Waals surface area contributed by atoms with Gasteiger partial charge < -0.3 is 15.5 Å². The maximum Gasteiger partial charge on any atom is 0.319 e. The van der Waals surface area contributed by atoms with Crippen LogP contribution in [0.15, 0.2) is 48.5 Å². The summed E-state index contributed by atoms with van der Waals surface area (Å²) in [6.45, 7) is 3.75. The molecule has 3 amide bonds. The number of urea groups is 1. The molecule has 1 unspecified atom stereocenters. The summed E-state index contributed by atoms with van der Waals surface area (Å²) < 4.78 is 13.1. The summed E-state index contributed by atoms with van der Waals surface area (Å²) in [5.41, 5.74) is 2.29. The van der Waals surface area contributed by atoms with Gasteiger partial charge in [-0.2, -0.15) is 0 Å². The number of hydrogen-bond acceptors (Lipinski definition) is 2. The van der Waals surface area contributed by atoms with E-state index in [2.05, 4.69) is 10.6 Å². The van der Waals surface area contributed by atoms with E-state index in [0.29, 0.717) is 5.69 Å². The van der Waals surface area contributed by atoms with Crippen molar-refractivity contribution in [2.75, 3.05) is 19.4 Å². The highest BCUT2D eigenvalue weighted by atomic mass is 19.1. The molecule has 26 heavy (non-hydrogen) atoms. The lowest BCUT2D eigenvalue weighted by molar-refractivity contribution is -0.131. The third-order valence-corrected chi connectivity index (χ3v) is 3.96. The number of amides is 3. The zero-order valence-electron chi connectivity index (χ0n) is 15.4. The largest absolute Gasteiger partial charge is 0.347 e. The van der Waals surface area contributed by atoms with E-state index in [1.165, 1.54) is 17.0 Å². The molecule has 2 aromatic rings. The number of carbonyl (C=O) groups is 2. The van der Waals surface area contributed by atoms with Gasteiger partial charge in [-0.15, -0.1) is 0 Å². The van der Waals surface area contributed by atoms with Crippen LogP contribution >= 0.6 is 0 Å². The Labute approximate surface area is 153 Å². The predicted molar refractivity (Wildman–Crippen MR) is 101 cm³/mol. The van der Waals surface area contributed by atoms with Crippen LogP contribution < -0.4 is 10.6 Å². The average Bonchev–Trinajstić information content (AvgIpc) is 2.59. The SMILES string of the molecule is CC(C)C(NC(=O)Nc1cccc(-c2ccc(F)cc2)c1)C(=O)N(C)C. The van der Waals surface area contributed by atoms with Gasteiger partial charge in [0.05, 0.1) is 0 Å². The lowest BCUT2D eigenvalue weighted by Gasteiger charge is -2.24. The molecule has 5 nitrogen and oxygen atoms in total. The fraction of sp³-hybridized carbons (Fsp3) is 0.300. The number of carbonyl (C=O) groups excluding carboxylic acids is 2. The lowest BCUT2D eigenvalue weighted by atomic mass is 10.0. The van der Waals surface area contributed by atoms with E-state index in [0.717, 1.165) is 11.1 Å². The molecule has 0 aromatic heterocycles. The van der Waals surface area contributed by atoms with Crippen molar-refractivity contribution in [2.45, 2.75) is 19.9 Å². The number of nitrogens with zero attached hydrogens (tertiary/aromatic N) is 1. The second-order valence-corrected chi connectivity index (χ2v) is 6.64. The molecular weight excluding hydrogens is 333 g/mol. The Balaban J connectivity index is 2.10. The molecule has 2 aromatic carbocycles. The summed E-state index contributed by atoms with van der Waals surface area (Å²) in [6.07, 6.45) is 0. The van der Waals surface area contributed by atoms with Crippen LogP contribution in [0.2, 0.25) is 0 Å². The molecule has 0 aliphatic rings. The highest BCUT2D eigenvalue weighted by Crippen LogP contribution is 2.23. The van der Waals surface area contributed by atoms with E-state index in [9.17, 15) is 14.0 Å². The van der Waals surface area contributed by atoms with Crippen molar-refractivity contribution < 1.29 is 14.0 Å². The average molecular weight is 357 g/mol. The maximum atomic E-state index is 13.1. The van der Waals surface area contributed by atoms with E-state index in [4.69, 9.17) is 0 Å². The van der Waals surface area contributed by atoms with E-state index >= 15 is 0 Å². The molecule has 0 aliphatic heterocycles. The van der Waals surface area contributed by atoms with Gasteiger partial charge in [-0.1, -0.05) is 38.1 Å². The molecule has 138 valence electrons. The van der Waals surface area contributed by atoms with Gasteiger partial charge in [-0.05, 0) is 41.3 Å². The lowest BCUT2D eigenvalue weighted by Crippen LogP contribution is -2.50. The molecule has 0 spiro atoms. The van der Waals surface area contributed by atoms with Crippen molar-refractivity contribution in [3.63, 3.8) is 0 Å². The summed E-state index contributed by atoms with van der Waals surface area (Å²) in [5, 5.41) is 5.47. The van der Waals surface area contributed by atoms with E-state index in [-0.39, 0.29) is 17.6 Å². The monoisotopic (exact) mass is 357 g/mol. The Morgan fingerprint density at radius 3 is 2.23 bits per heavy atom. The Hall–Kier alpha value is -2.89. The minimum atomic E-state index is -0.606. The highest BCUT2D eigenvalue weighted by Gasteiger charge is 2.25. The number of nitrogens with one attached hydrogen (secondary N) is 2. The predicted octanol–water partition coefficient (Wildman–Crippen LogP) is 3.73. The van der Waals surface area contributed by atoms with Crippen LogP contribution in [-0.2, 0) is 4.79 Å². The van der Waals surface area contributed by atoms with Gasteiger partial charge in [0, 0.05) is 19.8 Å². The first-order chi connectivity index (χ1) is 12.3. The molecule has 0 fully saturated rings. The van der Waals surface area contributed by atoms with Crippen molar-refractivity contribution in [1.82, 2.24) is 10.2 Å². The Kier molecular flexibility index (Phi) is 6.33. The van der Waals surface area contributed by atoms with Crippen LogP contribution in [-0.4, -0.2) is 37.0 Å². The molecule has 0 saturated carbocycles. The smallest absolute Gasteiger partial charge is 0.319 e. The second-order valence-electron chi connectivity index (χ2n) is 6.64. The van der Waals surface area contributed by atoms with Crippen LogP contribution in [0.3, 0.4) is 0 Å². The van der Waals surface area contributed by atoms with Crippen molar-refractivity contribution in [1.29, 1.82) is 0 Å². The highest BCUT2D eigenvalue weighted by molar-refractivity contribution is 5.94. The number of hydrogen-bond donors (Lipinski definition) is 2. The fourth-order valence-electron chi connectivity index (χ4n) is 2.52. The number of benzene rings is 2. The quantitative estimate of drug-likeness (QED) is 0.857. The zero-order valence-corrected chi connectivity index (χ0v) is 15.4. The van der Waals surface area contributed by atoms with Crippen molar-refractivity contribution in [3.8, 4) is 11.1 Å². The molecule has 2 rings (SSSR count). The Bertz CT molecular complexity index is 773. The normalized spacial score (nSPS) is 11.8. The molecule has 0 saturated heterocycles. The summed E-state index contributed by atoms with van der Waals surface area (Å²) in [7, 11) is 3.31. The molecule has 0 radical (unpaired) electrons. The van der Waals surface area contributed by atoms with Crippen LogP contribution in [0, 0.1) is 11.7 Å². The second kappa shape index (κ2) is 8.47. The van der Waals surface area contributed by atoms with Crippen molar-refractivity contribution in [2.24, 2.45) is 5.92 Å². The molecule has 2 N–H and O–H groups in total. The minimum Gasteiger partial charge on any atom is -0.347 e. The zero-order chi connectivity index (χ0) is 19.3.